The molecule has 36 heavy (non-hydrogen) atoms. The topological polar surface area (TPSA) is 160 Å². The summed E-state index contributed by atoms with van der Waals surface area (Å²) in [5.74, 6) is -1.51. The number of urea groups is 1. The van der Waals surface area contributed by atoms with Crippen molar-refractivity contribution in [2.75, 3.05) is 25.9 Å². The molecular weight excluding hydrogens is 488 g/mol. The number of methoxy groups -OCH3 is 1. The van der Waals surface area contributed by atoms with E-state index in [1.165, 1.54) is 19.2 Å². The number of aromatic carboxylic acids is 1. The van der Waals surface area contributed by atoms with E-state index < -0.39 is 29.9 Å². The van der Waals surface area contributed by atoms with Gasteiger partial charge in [0.2, 0.25) is 5.91 Å². The molecule has 0 bridgehead atoms. The SMILES string of the molecule is CCC(NC(=O)NCC(=O)NC[C@H](C=O)CC1=C(OC)C=CCC(Cl)=C1)c1ccc(C(=O)O)c(N)c1. The average molecular weight is 519 g/mol. The molecule has 11 heteroatoms. The predicted molar refractivity (Wildman–Crippen MR) is 136 cm³/mol. The minimum Gasteiger partial charge on any atom is -0.496 e. The van der Waals surface area contributed by atoms with Crippen molar-refractivity contribution in [3.8, 4) is 0 Å². The maximum Gasteiger partial charge on any atom is 0.337 e. The molecule has 1 aromatic carbocycles. The first-order valence-corrected chi connectivity index (χ1v) is 11.7. The normalized spacial score (nSPS) is 14.7. The summed E-state index contributed by atoms with van der Waals surface area (Å²) in [5, 5.41) is 17.6. The Morgan fingerprint density at radius 2 is 2.03 bits per heavy atom. The van der Waals surface area contributed by atoms with Crippen LogP contribution in [0.1, 0.15) is 48.1 Å². The summed E-state index contributed by atoms with van der Waals surface area (Å²) >= 11 is 6.16. The Kier molecular flexibility index (Phi) is 11.0. The second-order valence-corrected chi connectivity index (χ2v) is 8.62. The summed E-state index contributed by atoms with van der Waals surface area (Å²) in [7, 11) is 1.53. The molecule has 1 aliphatic carbocycles. The van der Waals surface area contributed by atoms with Crippen molar-refractivity contribution in [3.63, 3.8) is 0 Å². The maximum absolute atomic E-state index is 12.3. The summed E-state index contributed by atoms with van der Waals surface area (Å²) < 4.78 is 5.36. The van der Waals surface area contributed by atoms with E-state index in [0.717, 1.165) is 11.9 Å². The van der Waals surface area contributed by atoms with E-state index in [2.05, 4.69) is 16.0 Å². The van der Waals surface area contributed by atoms with Crippen LogP contribution < -0.4 is 21.7 Å². The molecule has 0 fully saturated rings. The van der Waals surface area contributed by atoms with Crippen LogP contribution >= 0.6 is 11.6 Å². The van der Waals surface area contributed by atoms with Crippen molar-refractivity contribution >= 4 is 41.5 Å². The lowest BCUT2D eigenvalue weighted by Crippen LogP contribution is -2.44. The van der Waals surface area contributed by atoms with Gasteiger partial charge in [0.15, 0.2) is 0 Å². The lowest BCUT2D eigenvalue weighted by Gasteiger charge is -2.19. The van der Waals surface area contributed by atoms with Gasteiger partial charge in [-0.3, -0.25) is 4.79 Å². The molecule has 0 radical (unpaired) electrons. The van der Waals surface area contributed by atoms with Crippen LogP contribution in [-0.4, -0.2) is 49.5 Å². The molecule has 2 atom stereocenters. The van der Waals surface area contributed by atoms with Crippen LogP contribution in [0.4, 0.5) is 10.5 Å². The van der Waals surface area contributed by atoms with Crippen LogP contribution in [0.2, 0.25) is 0 Å². The lowest BCUT2D eigenvalue weighted by atomic mass is 9.99. The van der Waals surface area contributed by atoms with Gasteiger partial charge in [0, 0.05) is 29.6 Å². The minimum absolute atomic E-state index is 0.0206. The van der Waals surface area contributed by atoms with Gasteiger partial charge in [-0.05, 0) is 48.3 Å². The smallest absolute Gasteiger partial charge is 0.337 e. The van der Waals surface area contributed by atoms with E-state index in [1.807, 2.05) is 13.0 Å². The molecule has 2 rings (SSSR count). The number of ether oxygens (including phenoxy) is 1. The van der Waals surface area contributed by atoms with Crippen molar-refractivity contribution in [1.29, 1.82) is 0 Å². The van der Waals surface area contributed by atoms with Crippen molar-refractivity contribution < 1.29 is 29.0 Å². The van der Waals surface area contributed by atoms with Crippen LogP contribution in [0, 0.1) is 5.92 Å². The number of anilines is 1. The monoisotopic (exact) mass is 518 g/mol. The summed E-state index contributed by atoms with van der Waals surface area (Å²) in [6.45, 7) is 1.62. The second kappa shape index (κ2) is 13.9. The van der Waals surface area contributed by atoms with E-state index in [9.17, 15) is 19.2 Å². The lowest BCUT2D eigenvalue weighted by molar-refractivity contribution is -0.120. The van der Waals surface area contributed by atoms with Gasteiger partial charge in [-0.15, -0.1) is 0 Å². The molecule has 194 valence electrons. The molecule has 0 spiro atoms. The van der Waals surface area contributed by atoms with Crippen molar-refractivity contribution in [2.24, 2.45) is 5.92 Å². The molecule has 10 nitrogen and oxygen atoms in total. The van der Waals surface area contributed by atoms with E-state index >= 15 is 0 Å². The quantitative estimate of drug-likeness (QED) is 0.210. The second-order valence-electron chi connectivity index (χ2n) is 8.14. The zero-order valence-corrected chi connectivity index (χ0v) is 20.9. The fourth-order valence-electron chi connectivity index (χ4n) is 3.61. The highest BCUT2D eigenvalue weighted by atomic mass is 35.5. The van der Waals surface area contributed by atoms with Gasteiger partial charge in [0.25, 0.3) is 0 Å². The van der Waals surface area contributed by atoms with Crippen LogP contribution in [-0.2, 0) is 14.3 Å². The van der Waals surface area contributed by atoms with Crippen molar-refractivity contribution in [2.45, 2.75) is 32.2 Å². The van der Waals surface area contributed by atoms with Gasteiger partial charge >= 0.3 is 12.0 Å². The fraction of sp³-hybridized carbons (Fsp3) is 0.360. The number of benzene rings is 1. The molecule has 0 aromatic heterocycles. The maximum atomic E-state index is 12.3. The molecular formula is C25H31ClN4O6. The van der Waals surface area contributed by atoms with E-state index in [4.69, 9.17) is 27.2 Å². The Bertz CT molecular complexity index is 1080. The number of aldehydes is 1. The van der Waals surface area contributed by atoms with Crippen molar-refractivity contribution in [1.82, 2.24) is 16.0 Å². The molecule has 0 aliphatic heterocycles. The van der Waals surface area contributed by atoms with E-state index in [0.29, 0.717) is 35.6 Å². The number of allylic oxidation sites excluding steroid dienone is 5. The number of halogens is 1. The average Bonchev–Trinajstić information content (AvgIpc) is 3.03. The third kappa shape index (κ3) is 8.46. The number of carboxylic acids is 1. The van der Waals surface area contributed by atoms with E-state index in [1.54, 1.807) is 18.2 Å². The van der Waals surface area contributed by atoms with Crippen LogP contribution in [0.5, 0.6) is 0 Å². The number of nitrogen functional groups attached to an aromatic ring is 1. The number of hydrogen-bond donors (Lipinski definition) is 5. The fourth-order valence-corrected chi connectivity index (χ4v) is 3.83. The van der Waals surface area contributed by atoms with Crippen LogP contribution in [0.3, 0.4) is 0 Å². The third-order valence-electron chi connectivity index (χ3n) is 5.52. The molecule has 0 heterocycles. The minimum atomic E-state index is -1.14. The first-order valence-electron chi connectivity index (χ1n) is 11.4. The predicted octanol–water partition coefficient (Wildman–Crippen LogP) is 3.02. The molecule has 1 aliphatic rings. The number of carbonyl (C=O) groups is 4. The Morgan fingerprint density at radius 3 is 2.64 bits per heavy atom. The zero-order valence-electron chi connectivity index (χ0n) is 20.2. The first kappa shape index (κ1) is 28.4. The molecule has 3 amide bonds. The number of amides is 3. The molecule has 6 N–H and O–H groups in total. The standard InChI is InChI=1S/C25H31ClN4O6/c1-3-21(16-7-8-19(24(33)34)20(27)11-16)30-25(35)29-13-23(32)28-12-15(14-31)9-17-10-18(26)5-4-6-22(17)36-2/h4,6-8,10-11,14-15,21H,3,5,9,12-13,27H2,1-2H3,(H,28,32)(H,33,34)(H2,29,30,35)/t15-,21?/m1/s1. The highest BCUT2D eigenvalue weighted by Crippen LogP contribution is 2.25. The van der Waals surface area contributed by atoms with Crippen LogP contribution in [0.15, 0.2) is 52.8 Å². The summed E-state index contributed by atoms with van der Waals surface area (Å²) in [4.78, 5) is 47.3. The number of hydrogen-bond acceptors (Lipinski definition) is 6. The van der Waals surface area contributed by atoms with Crippen molar-refractivity contribution in [3.05, 3.63) is 63.9 Å². The number of nitrogens with one attached hydrogen (secondary N) is 3. The highest BCUT2D eigenvalue weighted by Gasteiger charge is 2.18. The Hall–Kier alpha value is -3.79. The van der Waals surface area contributed by atoms with Gasteiger partial charge in [-0.2, -0.15) is 0 Å². The number of carbonyl (C=O) groups excluding carboxylic acids is 3. The highest BCUT2D eigenvalue weighted by molar-refractivity contribution is 6.29. The summed E-state index contributed by atoms with van der Waals surface area (Å²) in [5.41, 5.74) is 7.26. The molecule has 1 unspecified atom stereocenters. The van der Waals surface area contributed by atoms with Gasteiger partial charge in [0.1, 0.15) is 12.0 Å². The zero-order chi connectivity index (χ0) is 26.7. The molecule has 0 saturated carbocycles. The summed E-state index contributed by atoms with van der Waals surface area (Å²) in [6, 6.07) is 3.45. The number of carboxylic acid groups (broad SMARTS) is 1. The van der Waals surface area contributed by atoms with Gasteiger partial charge in [0.05, 0.1) is 25.3 Å². The van der Waals surface area contributed by atoms with Crippen LogP contribution in [0.25, 0.3) is 0 Å². The Labute approximate surface area is 214 Å². The van der Waals surface area contributed by atoms with Gasteiger partial charge < -0.3 is 36.3 Å². The number of rotatable bonds is 12. The first-order chi connectivity index (χ1) is 17.2. The third-order valence-corrected chi connectivity index (χ3v) is 5.78. The molecule has 1 aromatic rings. The van der Waals surface area contributed by atoms with E-state index in [-0.39, 0.29) is 24.3 Å². The summed E-state index contributed by atoms with van der Waals surface area (Å²) in [6.07, 6.45) is 7.57. The molecule has 0 saturated heterocycles. The largest absolute Gasteiger partial charge is 0.496 e. The van der Waals surface area contributed by atoms with Gasteiger partial charge in [-0.1, -0.05) is 30.7 Å². The van der Waals surface area contributed by atoms with Gasteiger partial charge in [-0.25, -0.2) is 9.59 Å². The Morgan fingerprint density at radius 1 is 1.28 bits per heavy atom. The Balaban J connectivity index is 1.86. The number of nitrogens with two attached hydrogens (primary N) is 1.